The van der Waals surface area contributed by atoms with E-state index in [-0.39, 0.29) is 17.9 Å². The molecule has 0 N–H and O–H groups in total. The Labute approximate surface area is 188 Å². The summed E-state index contributed by atoms with van der Waals surface area (Å²) in [6, 6.07) is 10.6. The molecule has 2 amide bonds. The molecule has 1 saturated heterocycles. The van der Waals surface area contributed by atoms with Crippen LogP contribution in [0.15, 0.2) is 42.0 Å². The number of allylic oxidation sites excluding steroid dienone is 1. The predicted molar refractivity (Wildman–Crippen MR) is 126 cm³/mol. The molecule has 1 aliphatic carbocycles. The Morgan fingerprint density at radius 1 is 1.06 bits per heavy atom. The van der Waals surface area contributed by atoms with E-state index in [1.165, 1.54) is 24.0 Å². The summed E-state index contributed by atoms with van der Waals surface area (Å²) in [5.74, 6) is 0.853. The molecular formula is C26H39N3O2. The third kappa shape index (κ3) is 6.93. The van der Waals surface area contributed by atoms with Crippen molar-refractivity contribution < 1.29 is 9.59 Å². The van der Waals surface area contributed by atoms with Crippen molar-refractivity contribution in [2.24, 2.45) is 5.92 Å². The van der Waals surface area contributed by atoms with Crippen molar-refractivity contribution in [3.8, 4) is 0 Å². The summed E-state index contributed by atoms with van der Waals surface area (Å²) in [5, 5.41) is 0. The average Bonchev–Trinajstić information content (AvgIpc) is 2.78. The SMILES string of the molecule is CN(C)CC(=O)N(C)[C@@H](Cc1ccccc1)C1CCN(C(=O)CC2=CCCCC2)CC1. The van der Waals surface area contributed by atoms with Crippen molar-refractivity contribution in [2.45, 2.75) is 57.4 Å². The molecule has 0 aromatic heterocycles. The maximum atomic E-state index is 12.8. The summed E-state index contributed by atoms with van der Waals surface area (Å²) < 4.78 is 0. The fourth-order valence-electron chi connectivity index (χ4n) is 4.95. The minimum absolute atomic E-state index is 0.160. The van der Waals surface area contributed by atoms with Crippen molar-refractivity contribution in [1.82, 2.24) is 14.7 Å². The van der Waals surface area contributed by atoms with Gasteiger partial charge in [0.15, 0.2) is 0 Å². The fourth-order valence-corrected chi connectivity index (χ4v) is 4.95. The van der Waals surface area contributed by atoms with Crippen molar-refractivity contribution in [1.29, 1.82) is 0 Å². The summed E-state index contributed by atoms with van der Waals surface area (Å²) >= 11 is 0. The number of amides is 2. The lowest BCUT2D eigenvalue weighted by molar-refractivity contribution is -0.136. The molecule has 5 nitrogen and oxygen atoms in total. The van der Waals surface area contributed by atoms with Crippen molar-refractivity contribution in [3.63, 3.8) is 0 Å². The molecule has 0 unspecified atom stereocenters. The van der Waals surface area contributed by atoms with Crippen LogP contribution in [0.2, 0.25) is 0 Å². The third-order valence-electron chi connectivity index (χ3n) is 6.83. The normalized spacial score (nSPS) is 18.6. The lowest BCUT2D eigenvalue weighted by Gasteiger charge is -2.40. The van der Waals surface area contributed by atoms with Gasteiger partial charge in [-0.15, -0.1) is 0 Å². The first-order chi connectivity index (χ1) is 14.9. The number of hydrogen-bond donors (Lipinski definition) is 0. The molecule has 0 saturated carbocycles. The number of carbonyl (C=O) groups is 2. The van der Waals surface area contributed by atoms with E-state index in [1.807, 2.05) is 41.9 Å². The Hall–Kier alpha value is -2.14. The van der Waals surface area contributed by atoms with Crippen LogP contribution in [0.4, 0.5) is 0 Å². The Morgan fingerprint density at radius 2 is 1.77 bits per heavy atom. The monoisotopic (exact) mass is 425 g/mol. The summed E-state index contributed by atoms with van der Waals surface area (Å²) in [6.07, 6.45) is 10.3. The van der Waals surface area contributed by atoms with E-state index in [9.17, 15) is 9.59 Å². The number of likely N-dealkylation sites (N-methyl/N-ethyl adjacent to an activating group) is 2. The highest BCUT2D eigenvalue weighted by atomic mass is 16.2. The van der Waals surface area contributed by atoms with E-state index in [4.69, 9.17) is 0 Å². The molecule has 1 heterocycles. The van der Waals surface area contributed by atoms with E-state index >= 15 is 0 Å². The fraction of sp³-hybridized carbons (Fsp3) is 0.615. The van der Waals surface area contributed by atoms with Gasteiger partial charge in [0.05, 0.1) is 6.54 Å². The zero-order valence-corrected chi connectivity index (χ0v) is 19.6. The first-order valence-corrected chi connectivity index (χ1v) is 11.8. The number of hydrogen-bond acceptors (Lipinski definition) is 3. The number of benzene rings is 1. The molecular weight excluding hydrogens is 386 g/mol. The van der Waals surface area contributed by atoms with E-state index < -0.39 is 0 Å². The smallest absolute Gasteiger partial charge is 0.236 e. The molecule has 0 spiro atoms. The average molecular weight is 426 g/mol. The number of piperidine rings is 1. The van der Waals surface area contributed by atoms with Gasteiger partial charge in [-0.1, -0.05) is 42.0 Å². The number of likely N-dealkylation sites (tertiary alicyclic amines) is 1. The van der Waals surface area contributed by atoms with E-state index in [2.05, 4.69) is 30.3 Å². The van der Waals surface area contributed by atoms with Gasteiger partial charge in [0.2, 0.25) is 11.8 Å². The zero-order valence-electron chi connectivity index (χ0n) is 19.6. The second kappa shape index (κ2) is 11.5. The summed E-state index contributed by atoms with van der Waals surface area (Å²) in [7, 11) is 5.82. The van der Waals surface area contributed by atoms with Gasteiger partial charge in [-0.05, 0) is 70.5 Å². The summed E-state index contributed by atoms with van der Waals surface area (Å²) in [6.45, 7) is 2.03. The van der Waals surface area contributed by atoms with Crippen molar-refractivity contribution >= 4 is 11.8 Å². The van der Waals surface area contributed by atoms with Crippen LogP contribution in [-0.4, -0.2) is 73.3 Å². The molecule has 31 heavy (non-hydrogen) atoms. The molecule has 0 bridgehead atoms. The molecule has 1 aromatic rings. The van der Waals surface area contributed by atoms with Crippen LogP contribution in [0.5, 0.6) is 0 Å². The van der Waals surface area contributed by atoms with Gasteiger partial charge < -0.3 is 14.7 Å². The van der Waals surface area contributed by atoms with Crippen LogP contribution in [0.1, 0.15) is 50.5 Å². The van der Waals surface area contributed by atoms with Crippen LogP contribution >= 0.6 is 0 Å². The summed E-state index contributed by atoms with van der Waals surface area (Å²) in [5.41, 5.74) is 2.59. The minimum atomic E-state index is 0.160. The van der Waals surface area contributed by atoms with Crippen molar-refractivity contribution in [3.05, 3.63) is 47.5 Å². The maximum absolute atomic E-state index is 12.8. The topological polar surface area (TPSA) is 43.9 Å². The first-order valence-electron chi connectivity index (χ1n) is 11.8. The molecule has 1 atom stereocenters. The lowest BCUT2D eigenvalue weighted by atomic mass is 9.84. The van der Waals surface area contributed by atoms with Gasteiger partial charge in [0.25, 0.3) is 0 Å². The van der Waals surface area contributed by atoms with Crippen LogP contribution in [0, 0.1) is 5.92 Å². The van der Waals surface area contributed by atoms with E-state index in [0.717, 1.165) is 45.2 Å². The van der Waals surface area contributed by atoms with Crippen LogP contribution in [0.25, 0.3) is 0 Å². The molecule has 0 radical (unpaired) electrons. The van der Waals surface area contributed by atoms with E-state index in [0.29, 0.717) is 18.9 Å². The highest BCUT2D eigenvalue weighted by Crippen LogP contribution is 2.28. The second-order valence-electron chi connectivity index (χ2n) is 9.50. The second-order valence-corrected chi connectivity index (χ2v) is 9.50. The van der Waals surface area contributed by atoms with Crippen LogP contribution in [0.3, 0.4) is 0 Å². The molecule has 170 valence electrons. The van der Waals surface area contributed by atoms with Gasteiger partial charge in [0, 0.05) is 32.6 Å². The minimum Gasteiger partial charge on any atom is -0.342 e. The standard InChI is InChI=1S/C26H39N3O2/c1-27(2)20-26(31)28(3)24(18-21-10-6-4-7-11-21)23-14-16-29(17-15-23)25(30)19-22-12-8-5-9-13-22/h4,6-7,10-12,23-24H,5,8-9,13-20H2,1-3H3/t24-/m0/s1. The molecule has 5 heteroatoms. The quantitative estimate of drug-likeness (QED) is 0.596. The van der Waals surface area contributed by atoms with E-state index in [1.54, 1.807) is 0 Å². The van der Waals surface area contributed by atoms with Gasteiger partial charge in [-0.3, -0.25) is 9.59 Å². The number of nitrogens with zero attached hydrogens (tertiary/aromatic N) is 3. The lowest BCUT2D eigenvalue weighted by Crippen LogP contribution is -2.50. The molecule has 1 fully saturated rings. The molecule has 3 rings (SSSR count). The van der Waals surface area contributed by atoms with Crippen molar-refractivity contribution in [2.75, 3.05) is 40.8 Å². The highest BCUT2D eigenvalue weighted by molar-refractivity contribution is 5.79. The van der Waals surface area contributed by atoms with Crippen LogP contribution < -0.4 is 0 Å². The van der Waals surface area contributed by atoms with Gasteiger partial charge in [-0.2, -0.15) is 0 Å². The zero-order chi connectivity index (χ0) is 22.2. The predicted octanol–water partition coefficient (Wildman–Crippen LogP) is 3.75. The number of carbonyl (C=O) groups excluding carboxylic acids is 2. The molecule has 1 aromatic carbocycles. The Balaban J connectivity index is 1.62. The Bertz CT molecular complexity index is 751. The van der Waals surface area contributed by atoms with Gasteiger partial charge in [-0.25, -0.2) is 0 Å². The molecule has 2 aliphatic rings. The Kier molecular flexibility index (Phi) is 8.70. The Morgan fingerprint density at radius 3 is 2.39 bits per heavy atom. The third-order valence-corrected chi connectivity index (χ3v) is 6.83. The van der Waals surface area contributed by atoms with Crippen LogP contribution in [-0.2, 0) is 16.0 Å². The summed E-state index contributed by atoms with van der Waals surface area (Å²) in [4.78, 5) is 31.6. The highest BCUT2D eigenvalue weighted by Gasteiger charge is 2.32. The number of rotatable bonds is 8. The van der Waals surface area contributed by atoms with Gasteiger partial charge in [0.1, 0.15) is 0 Å². The van der Waals surface area contributed by atoms with Gasteiger partial charge >= 0.3 is 0 Å². The largest absolute Gasteiger partial charge is 0.342 e. The maximum Gasteiger partial charge on any atom is 0.236 e. The molecule has 1 aliphatic heterocycles. The first kappa shape index (κ1) is 23.5.